The summed E-state index contributed by atoms with van der Waals surface area (Å²) in [5.74, 6) is -0.203. The third-order valence-corrected chi connectivity index (χ3v) is 6.18. The number of nitrogens with zero attached hydrogens (tertiary/aromatic N) is 3. The molecule has 1 N–H and O–H groups in total. The molecule has 4 aromatic rings. The van der Waals surface area contributed by atoms with Gasteiger partial charge in [0.2, 0.25) is 0 Å². The predicted molar refractivity (Wildman–Crippen MR) is 141 cm³/mol. The van der Waals surface area contributed by atoms with Crippen LogP contribution in [0.3, 0.4) is 0 Å². The van der Waals surface area contributed by atoms with E-state index in [2.05, 4.69) is 39.6 Å². The molecule has 5 nitrogen and oxygen atoms in total. The van der Waals surface area contributed by atoms with E-state index < -0.39 is 0 Å². The summed E-state index contributed by atoms with van der Waals surface area (Å²) in [5, 5.41) is 8.99. The van der Waals surface area contributed by atoms with Crippen LogP contribution in [-0.2, 0) is 6.42 Å². The van der Waals surface area contributed by atoms with Crippen LogP contribution < -0.4 is 10.2 Å². The molecule has 0 spiro atoms. The molecule has 0 atom stereocenters. The molecule has 1 amide bonds. The summed E-state index contributed by atoms with van der Waals surface area (Å²) in [6.07, 6.45) is 0.737. The van der Waals surface area contributed by atoms with E-state index in [1.807, 2.05) is 57.4 Å². The number of anilines is 1. The molecule has 0 aliphatic carbocycles. The number of carbonyl (C=O) groups is 1. The van der Waals surface area contributed by atoms with E-state index in [1.54, 1.807) is 16.8 Å². The van der Waals surface area contributed by atoms with Crippen LogP contribution in [-0.4, -0.2) is 36.3 Å². The van der Waals surface area contributed by atoms with Crippen molar-refractivity contribution >= 4 is 34.8 Å². The number of aromatic nitrogens is 2. The van der Waals surface area contributed by atoms with Crippen LogP contribution in [0, 0.1) is 6.92 Å². The molecule has 174 valence electrons. The van der Waals surface area contributed by atoms with E-state index in [4.69, 9.17) is 23.2 Å². The van der Waals surface area contributed by atoms with E-state index in [0.717, 1.165) is 40.2 Å². The molecule has 0 fully saturated rings. The van der Waals surface area contributed by atoms with Gasteiger partial charge in [0, 0.05) is 47.5 Å². The van der Waals surface area contributed by atoms with Crippen molar-refractivity contribution in [1.29, 1.82) is 0 Å². The fraction of sp³-hybridized carbons (Fsp3) is 0.185. The van der Waals surface area contributed by atoms with Crippen LogP contribution in [0.2, 0.25) is 10.0 Å². The largest absolute Gasteiger partial charge is 0.378 e. The third-order valence-electron chi connectivity index (χ3n) is 5.68. The second-order valence-corrected chi connectivity index (χ2v) is 9.16. The van der Waals surface area contributed by atoms with Gasteiger partial charge >= 0.3 is 0 Å². The molecule has 0 unspecified atom stereocenters. The monoisotopic (exact) mass is 492 g/mol. The normalized spacial score (nSPS) is 10.9. The first kappa shape index (κ1) is 23.9. The first-order chi connectivity index (χ1) is 16.3. The summed E-state index contributed by atoms with van der Waals surface area (Å²) < 4.78 is 1.78. The maximum atomic E-state index is 13.1. The molecule has 0 saturated heterocycles. The van der Waals surface area contributed by atoms with Crippen molar-refractivity contribution in [2.24, 2.45) is 0 Å². The SMILES string of the molecule is Cc1c(C(=O)NCCc2ccc(N(C)C)cc2)nn(-c2ccc(Cl)cc2)c1-c1ccc(Cl)cc1. The van der Waals surface area contributed by atoms with Gasteiger partial charge in [-0.2, -0.15) is 5.10 Å². The Kier molecular flexibility index (Phi) is 7.25. The lowest BCUT2D eigenvalue weighted by atomic mass is 10.1. The maximum absolute atomic E-state index is 13.1. The molecule has 4 rings (SSSR count). The molecular weight excluding hydrogens is 467 g/mol. The standard InChI is InChI=1S/C27H26Cl2N4O/c1-18-25(27(34)30-17-16-19-4-12-23(13-5-19)32(2)3)31-33(24-14-10-22(29)11-15-24)26(18)20-6-8-21(28)9-7-20/h4-15H,16-17H2,1-3H3,(H,30,34). The average molecular weight is 493 g/mol. The summed E-state index contributed by atoms with van der Waals surface area (Å²) in [4.78, 5) is 15.2. The lowest BCUT2D eigenvalue weighted by molar-refractivity contribution is 0.0948. The Morgan fingerprint density at radius 3 is 2.09 bits per heavy atom. The van der Waals surface area contributed by atoms with E-state index in [0.29, 0.717) is 22.3 Å². The first-order valence-corrected chi connectivity index (χ1v) is 11.7. The average Bonchev–Trinajstić information content (AvgIpc) is 3.17. The Morgan fingerprint density at radius 1 is 0.912 bits per heavy atom. The van der Waals surface area contributed by atoms with Crippen molar-refractivity contribution in [3.8, 4) is 16.9 Å². The number of hydrogen-bond donors (Lipinski definition) is 1. The lowest BCUT2D eigenvalue weighted by Gasteiger charge is -2.12. The highest BCUT2D eigenvalue weighted by Crippen LogP contribution is 2.30. The van der Waals surface area contributed by atoms with E-state index in [9.17, 15) is 4.79 Å². The van der Waals surface area contributed by atoms with Gasteiger partial charge in [-0.1, -0.05) is 47.5 Å². The number of nitrogens with one attached hydrogen (secondary N) is 1. The highest BCUT2D eigenvalue weighted by Gasteiger charge is 2.22. The van der Waals surface area contributed by atoms with Gasteiger partial charge in [0.15, 0.2) is 5.69 Å². The van der Waals surface area contributed by atoms with Gasteiger partial charge in [-0.25, -0.2) is 4.68 Å². The van der Waals surface area contributed by atoms with Crippen LogP contribution in [0.1, 0.15) is 21.6 Å². The second kappa shape index (κ2) is 10.3. The minimum atomic E-state index is -0.203. The zero-order valence-electron chi connectivity index (χ0n) is 19.3. The number of amides is 1. The molecular formula is C27H26Cl2N4O. The molecule has 34 heavy (non-hydrogen) atoms. The van der Waals surface area contributed by atoms with Crippen LogP contribution in [0.15, 0.2) is 72.8 Å². The second-order valence-electron chi connectivity index (χ2n) is 8.28. The zero-order chi connectivity index (χ0) is 24.2. The van der Waals surface area contributed by atoms with Gasteiger partial charge in [0.25, 0.3) is 5.91 Å². The minimum Gasteiger partial charge on any atom is -0.378 e. The zero-order valence-corrected chi connectivity index (χ0v) is 20.9. The van der Waals surface area contributed by atoms with Crippen LogP contribution >= 0.6 is 23.2 Å². The number of hydrogen-bond acceptors (Lipinski definition) is 3. The lowest BCUT2D eigenvalue weighted by Crippen LogP contribution is -2.26. The number of carbonyl (C=O) groups excluding carboxylic acids is 1. The van der Waals surface area contributed by atoms with E-state index in [1.165, 1.54) is 0 Å². The van der Waals surface area contributed by atoms with Gasteiger partial charge in [0.1, 0.15) is 0 Å². The molecule has 0 aliphatic heterocycles. The third kappa shape index (κ3) is 5.27. The summed E-state index contributed by atoms with van der Waals surface area (Å²) in [7, 11) is 4.03. The number of benzene rings is 3. The highest BCUT2D eigenvalue weighted by atomic mass is 35.5. The minimum absolute atomic E-state index is 0.203. The highest BCUT2D eigenvalue weighted by molar-refractivity contribution is 6.30. The summed E-state index contributed by atoms with van der Waals surface area (Å²) in [6, 6.07) is 23.2. The Hall–Kier alpha value is -3.28. The van der Waals surface area contributed by atoms with Crippen molar-refractivity contribution < 1.29 is 4.79 Å². The molecule has 3 aromatic carbocycles. The molecule has 7 heteroatoms. The Balaban J connectivity index is 1.58. The van der Waals surface area contributed by atoms with Crippen molar-refractivity contribution in [2.75, 3.05) is 25.5 Å². The summed E-state index contributed by atoms with van der Waals surface area (Å²) in [5.41, 5.74) is 6.07. The van der Waals surface area contributed by atoms with Crippen LogP contribution in [0.25, 0.3) is 16.9 Å². The smallest absolute Gasteiger partial charge is 0.272 e. The van der Waals surface area contributed by atoms with Crippen molar-refractivity contribution in [3.63, 3.8) is 0 Å². The maximum Gasteiger partial charge on any atom is 0.272 e. The molecule has 0 aliphatic rings. The number of halogens is 2. The molecule has 0 bridgehead atoms. The Labute approximate surface area is 209 Å². The molecule has 1 heterocycles. The summed E-state index contributed by atoms with van der Waals surface area (Å²) >= 11 is 12.2. The topological polar surface area (TPSA) is 50.2 Å². The van der Waals surface area contributed by atoms with E-state index in [-0.39, 0.29) is 5.91 Å². The Bertz CT molecular complexity index is 1280. The quantitative estimate of drug-likeness (QED) is 0.334. The van der Waals surface area contributed by atoms with Gasteiger partial charge in [-0.3, -0.25) is 4.79 Å². The molecule has 1 aromatic heterocycles. The fourth-order valence-electron chi connectivity index (χ4n) is 3.79. The van der Waals surface area contributed by atoms with Crippen LogP contribution in [0.5, 0.6) is 0 Å². The van der Waals surface area contributed by atoms with Gasteiger partial charge in [-0.15, -0.1) is 0 Å². The molecule has 0 radical (unpaired) electrons. The number of rotatable bonds is 7. The Morgan fingerprint density at radius 2 is 1.50 bits per heavy atom. The van der Waals surface area contributed by atoms with E-state index >= 15 is 0 Å². The molecule has 0 saturated carbocycles. The summed E-state index contributed by atoms with van der Waals surface area (Å²) in [6.45, 7) is 2.43. The van der Waals surface area contributed by atoms with Gasteiger partial charge < -0.3 is 10.2 Å². The van der Waals surface area contributed by atoms with Crippen molar-refractivity contribution in [2.45, 2.75) is 13.3 Å². The fourth-order valence-corrected chi connectivity index (χ4v) is 4.04. The van der Waals surface area contributed by atoms with Crippen LogP contribution in [0.4, 0.5) is 5.69 Å². The first-order valence-electron chi connectivity index (χ1n) is 11.0. The van der Waals surface area contributed by atoms with Crippen molar-refractivity contribution in [1.82, 2.24) is 15.1 Å². The predicted octanol–water partition coefficient (Wildman–Crippen LogP) is 6.19. The van der Waals surface area contributed by atoms with Gasteiger partial charge in [0.05, 0.1) is 11.4 Å². The van der Waals surface area contributed by atoms with Crippen molar-refractivity contribution in [3.05, 3.63) is 99.7 Å². The van der Waals surface area contributed by atoms with Gasteiger partial charge in [-0.05, 0) is 67.4 Å².